The van der Waals surface area contributed by atoms with Crippen LogP contribution in [0.3, 0.4) is 0 Å². The Balaban J connectivity index is 1.83. The Morgan fingerprint density at radius 1 is 1.22 bits per heavy atom. The summed E-state index contributed by atoms with van der Waals surface area (Å²) < 4.78 is 6.02. The molecule has 2 nitrogen and oxygen atoms in total. The van der Waals surface area contributed by atoms with E-state index in [4.69, 9.17) is 10.5 Å². The van der Waals surface area contributed by atoms with Gasteiger partial charge in [0.05, 0.1) is 18.8 Å². The summed E-state index contributed by atoms with van der Waals surface area (Å²) in [7, 11) is 0. The van der Waals surface area contributed by atoms with Crippen molar-refractivity contribution in [2.24, 2.45) is 11.7 Å². The fraction of sp³-hybridized carbons (Fsp3) is 0.625. The van der Waals surface area contributed by atoms with Gasteiger partial charge in [-0.3, -0.25) is 0 Å². The normalized spacial score (nSPS) is 25.9. The summed E-state index contributed by atoms with van der Waals surface area (Å²) in [5.74, 6) is 0.684. The van der Waals surface area contributed by atoms with Crippen LogP contribution in [0.4, 0.5) is 0 Å². The van der Waals surface area contributed by atoms with E-state index in [2.05, 4.69) is 38.1 Å². The zero-order valence-corrected chi connectivity index (χ0v) is 11.6. The molecule has 2 heteroatoms. The topological polar surface area (TPSA) is 35.2 Å². The molecule has 0 spiro atoms. The Bertz CT molecular complexity index is 360. The highest BCUT2D eigenvalue weighted by Gasteiger charge is 2.22. The number of hydrogen-bond donors (Lipinski definition) is 1. The third-order valence-electron chi connectivity index (χ3n) is 4.03. The minimum atomic E-state index is -0.000253. The zero-order chi connectivity index (χ0) is 13.0. The van der Waals surface area contributed by atoms with E-state index in [1.807, 2.05) is 0 Å². The minimum Gasteiger partial charge on any atom is -0.376 e. The predicted octanol–water partition coefficient (Wildman–Crippen LogP) is 3.59. The minimum absolute atomic E-state index is 0.000253. The number of benzene rings is 1. The lowest BCUT2D eigenvalue weighted by Crippen LogP contribution is -2.29. The smallest absolute Gasteiger partial charge is 0.0663 e. The Morgan fingerprint density at radius 2 is 1.89 bits per heavy atom. The van der Waals surface area contributed by atoms with Crippen LogP contribution in [0.1, 0.15) is 49.8 Å². The molecule has 3 atom stereocenters. The highest BCUT2D eigenvalue weighted by atomic mass is 16.5. The summed E-state index contributed by atoms with van der Waals surface area (Å²) in [5.41, 5.74) is 8.62. The largest absolute Gasteiger partial charge is 0.376 e. The first-order valence-electron chi connectivity index (χ1n) is 7.10. The molecule has 1 aromatic carbocycles. The van der Waals surface area contributed by atoms with Crippen LogP contribution in [0.5, 0.6) is 0 Å². The van der Waals surface area contributed by atoms with Gasteiger partial charge in [-0.15, -0.1) is 0 Å². The first kappa shape index (κ1) is 13.6. The maximum atomic E-state index is 6.18. The molecule has 0 aliphatic heterocycles. The molecule has 0 amide bonds. The van der Waals surface area contributed by atoms with Gasteiger partial charge in [0.1, 0.15) is 0 Å². The molecule has 1 aliphatic carbocycles. The quantitative estimate of drug-likeness (QED) is 0.882. The number of nitrogens with two attached hydrogens (primary N) is 1. The fourth-order valence-electron chi connectivity index (χ4n) is 2.67. The summed E-state index contributed by atoms with van der Waals surface area (Å²) >= 11 is 0. The van der Waals surface area contributed by atoms with E-state index in [1.165, 1.54) is 36.8 Å². The van der Waals surface area contributed by atoms with Crippen molar-refractivity contribution in [3.05, 3.63) is 35.4 Å². The molecule has 3 unspecified atom stereocenters. The number of hydrogen-bond acceptors (Lipinski definition) is 2. The van der Waals surface area contributed by atoms with Crippen molar-refractivity contribution in [3.63, 3.8) is 0 Å². The van der Waals surface area contributed by atoms with Crippen molar-refractivity contribution in [3.8, 4) is 0 Å². The monoisotopic (exact) mass is 247 g/mol. The van der Waals surface area contributed by atoms with Crippen LogP contribution < -0.4 is 5.73 Å². The third-order valence-corrected chi connectivity index (χ3v) is 4.03. The molecule has 0 saturated heterocycles. The van der Waals surface area contributed by atoms with Crippen LogP contribution >= 0.6 is 0 Å². The van der Waals surface area contributed by atoms with Gasteiger partial charge >= 0.3 is 0 Å². The molecule has 18 heavy (non-hydrogen) atoms. The second-order valence-electron chi connectivity index (χ2n) is 5.65. The Morgan fingerprint density at radius 3 is 2.56 bits per heavy atom. The van der Waals surface area contributed by atoms with Gasteiger partial charge in [0.25, 0.3) is 0 Å². The van der Waals surface area contributed by atoms with Gasteiger partial charge in [0.15, 0.2) is 0 Å². The van der Waals surface area contributed by atoms with E-state index in [1.54, 1.807) is 0 Å². The molecule has 1 saturated carbocycles. The van der Waals surface area contributed by atoms with E-state index in [-0.39, 0.29) is 6.04 Å². The van der Waals surface area contributed by atoms with Crippen LogP contribution in [0.25, 0.3) is 0 Å². The van der Waals surface area contributed by atoms with E-state index in [9.17, 15) is 0 Å². The van der Waals surface area contributed by atoms with E-state index in [0.717, 1.165) is 0 Å². The first-order chi connectivity index (χ1) is 8.66. The van der Waals surface area contributed by atoms with E-state index < -0.39 is 0 Å². The number of aryl methyl sites for hydroxylation is 1. The predicted molar refractivity (Wildman–Crippen MR) is 75.5 cm³/mol. The Hall–Kier alpha value is -0.860. The summed E-state index contributed by atoms with van der Waals surface area (Å²) in [4.78, 5) is 0. The average molecular weight is 247 g/mol. The molecule has 0 radical (unpaired) electrons. The summed E-state index contributed by atoms with van der Waals surface area (Å²) in [6.45, 7) is 5.02. The van der Waals surface area contributed by atoms with Gasteiger partial charge in [-0.05, 0) is 31.2 Å². The molecular weight excluding hydrogens is 222 g/mol. The summed E-state index contributed by atoms with van der Waals surface area (Å²) in [6, 6.07) is 8.43. The Kier molecular flexibility index (Phi) is 4.79. The second-order valence-corrected chi connectivity index (χ2v) is 5.65. The van der Waals surface area contributed by atoms with E-state index >= 15 is 0 Å². The first-order valence-corrected chi connectivity index (χ1v) is 7.10. The SMILES string of the molecule is Cc1ccc(C(N)COC2CCCCC2C)cc1. The van der Waals surface area contributed by atoms with Gasteiger partial charge in [0.2, 0.25) is 0 Å². The van der Waals surface area contributed by atoms with Crippen LogP contribution in [0.2, 0.25) is 0 Å². The third kappa shape index (κ3) is 3.56. The second kappa shape index (κ2) is 6.35. The van der Waals surface area contributed by atoms with Gasteiger partial charge in [0, 0.05) is 0 Å². The zero-order valence-electron chi connectivity index (χ0n) is 11.6. The maximum Gasteiger partial charge on any atom is 0.0663 e. The highest BCUT2D eigenvalue weighted by molar-refractivity contribution is 5.23. The van der Waals surface area contributed by atoms with Crippen molar-refractivity contribution < 1.29 is 4.74 Å². The lowest BCUT2D eigenvalue weighted by molar-refractivity contribution is -0.0113. The number of ether oxygens (including phenoxy) is 1. The Labute approximate surface area is 111 Å². The molecule has 1 aromatic rings. The van der Waals surface area contributed by atoms with Gasteiger partial charge in [-0.25, -0.2) is 0 Å². The lowest BCUT2D eigenvalue weighted by Gasteiger charge is -2.29. The van der Waals surface area contributed by atoms with Crippen LogP contribution in [0, 0.1) is 12.8 Å². The maximum absolute atomic E-state index is 6.18. The summed E-state index contributed by atoms with van der Waals surface area (Å²) in [6.07, 6.45) is 5.56. The van der Waals surface area contributed by atoms with Crippen molar-refractivity contribution >= 4 is 0 Å². The highest BCUT2D eigenvalue weighted by Crippen LogP contribution is 2.27. The lowest BCUT2D eigenvalue weighted by atomic mass is 9.88. The standard InChI is InChI=1S/C16H25NO/c1-12-7-9-14(10-8-12)15(17)11-18-16-6-4-3-5-13(16)2/h7-10,13,15-16H,3-6,11,17H2,1-2H3. The van der Waals surface area contributed by atoms with Crippen LogP contribution in [0.15, 0.2) is 24.3 Å². The molecule has 100 valence electrons. The van der Waals surface area contributed by atoms with Gasteiger partial charge in [-0.1, -0.05) is 49.6 Å². The molecule has 0 aromatic heterocycles. The molecule has 0 heterocycles. The van der Waals surface area contributed by atoms with Gasteiger partial charge in [-0.2, -0.15) is 0 Å². The molecule has 2 N–H and O–H groups in total. The molecule has 0 bridgehead atoms. The van der Waals surface area contributed by atoms with Crippen LogP contribution in [-0.4, -0.2) is 12.7 Å². The van der Waals surface area contributed by atoms with Crippen molar-refractivity contribution in [2.45, 2.75) is 51.7 Å². The van der Waals surface area contributed by atoms with E-state index in [0.29, 0.717) is 18.6 Å². The molecule has 1 fully saturated rings. The van der Waals surface area contributed by atoms with Crippen LogP contribution in [-0.2, 0) is 4.74 Å². The molecule has 2 rings (SSSR count). The van der Waals surface area contributed by atoms with Crippen molar-refractivity contribution in [2.75, 3.05) is 6.61 Å². The number of rotatable bonds is 4. The molecule has 1 aliphatic rings. The van der Waals surface area contributed by atoms with Crippen molar-refractivity contribution in [1.82, 2.24) is 0 Å². The van der Waals surface area contributed by atoms with Gasteiger partial charge < -0.3 is 10.5 Å². The van der Waals surface area contributed by atoms with Crippen molar-refractivity contribution in [1.29, 1.82) is 0 Å². The summed E-state index contributed by atoms with van der Waals surface area (Å²) in [5, 5.41) is 0. The fourth-order valence-corrected chi connectivity index (χ4v) is 2.67. The molecular formula is C16H25NO. The average Bonchev–Trinajstić information content (AvgIpc) is 2.38.